The molecule has 1 aromatic heterocycles. The SMILES string of the molecule is CC(C)Oc1ccc(-c2nc(C(=O)NC(CN)C3CC3)cs2)cc1.Cl. The lowest BCUT2D eigenvalue weighted by molar-refractivity contribution is 0.0929. The summed E-state index contributed by atoms with van der Waals surface area (Å²) in [4.78, 5) is 16.8. The summed E-state index contributed by atoms with van der Waals surface area (Å²) >= 11 is 1.47. The number of nitrogens with one attached hydrogen (secondary N) is 1. The van der Waals surface area contributed by atoms with Gasteiger partial charge in [-0.05, 0) is 56.9 Å². The maximum atomic E-state index is 12.3. The van der Waals surface area contributed by atoms with E-state index in [1.165, 1.54) is 11.3 Å². The summed E-state index contributed by atoms with van der Waals surface area (Å²) in [7, 11) is 0. The number of hydrogen-bond acceptors (Lipinski definition) is 5. The number of nitrogens with two attached hydrogens (primary N) is 1. The second kappa shape index (κ2) is 8.65. The summed E-state index contributed by atoms with van der Waals surface area (Å²) in [6, 6.07) is 7.84. The Morgan fingerprint density at radius 3 is 2.60 bits per heavy atom. The van der Waals surface area contributed by atoms with Crippen molar-refractivity contribution in [2.45, 2.75) is 38.8 Å². The van der Waals surface area contributed by atoms with Crippen LogP contribution in [0.25, 0.3) is 10.6 Å². The number of hydrogen-bond donors (Lipinski definition) is 2. The lowest BCUT2D eigenvalue weighted by Gasteiger charge is -2.14. The first-order valence-electron chi connectivity index (χ1n) is 8.30. The van der Waals surface area contributed by atoms with Crippen molar-refractivity contribution in [2.24, 2.45) is 11.7 Å². The predicted molar refractivity (Wildman–Crippen MR) is 104 cm³/mol. The minimum absolute atomic E-state index is 0. The fraction of sp³-hybridized carbons (Fsp3) is 0.444. The van der Waals surface area contributed by atoms with Crippen LogP contribution in [-0.2, 0) is 0 Å². The van der Waals surface area contributed by atoms with Crippen LogP contribution in [0.15, 0.2) is 29.6 Å². The summed E-state index contributed by atoms with van der Waals surface area (Å²) < 4.78 is 5.64. The first-order valence-corrected chi connectivity index (χ1v) is 9.18. The van der Waals surface area contributed by atoms with Gasteiger partial charge in [0.1, 0.15) is 16.5 Å². The molecule has 1 aliphatic carbocycles. The molecule has 3 rings (SSSR count). The molecule has 1 fully saturated rings. The predicted octanol–water partition coefficient (Wildman–Crippen LogP) is 3.49. The quantitative estimate of drug-likeness (QED) is 0.769. The standard InChI is InChI=1S/C18H23N3O2S.ClH/c1-11(2)23-14-7-5-13(6-8-14)18-21-16(10-24-18)17(22)20-15(9-19)12-3-4-12;/h5-8,10-12,15H,3-4,9,19H2,1-2H3,(H,20,22);1H. The molecule has 0 radical (unpaired) electrons. The van der Waals surface area contributed by atoms with Crippen molar-refractivity contribution < 1.29 is 9.53 Å². The number of carbonyl (C=O) groups excluding carboxylic acids is 1. The maximum Gasteiger partial charge on any atom is 0.271 e. The van der Waals surface area contributed by atoms with Gasteiger partial charge in [-0.3, -0.25) is 4.79 Å². The van der Waals surface area contributed by atoms with Crippen LogP contribution in [0.2, 0.25) is 0 Å². The van der Waals surface area contributed by atoms with Gasteiger partial charge in [0.25, 0.3) is 5.91 Å². The molecule has 2 aromatic rings. The van der Waals surface area contributed by atoms with Gasteiger partial charge in [0, 0.05) is 23.5 Å². The summed E-state index contributed by atoms with van der Waals surface area (Å²) in [6.07, 6.45) is 2.44. The third-order valence-corrected chi connectivity index (χ3v) is 4.86. The highest BCUT2D eigenvalue weighted by Crippen LogP contribution is 2.32. The third kappa shape index (κ3) is 5.17. The molecule has 136 valence electrons. The van der Waals surface area contributed by atoms with E-state index in [9.17, 15) is 4.79 Å². The maximum absolute atomic E-state index is 12.3. The normalized spacial score (nSPS) is 14.7. The molecule has 0 aliphatic heterocycles. The van der Waals surface area contributed by atoms with Crippen molar-refractivity contribution in [1.29, 1.82) is 0 Å². The molecule has 1 saturated carbocycles. The van der Waals surface area contributed by atoms with Crippen LogP contribution in [-0.4, -0.2) is 29.6 Å². The zero-order valence-electron chi connectivity index (χ0n) is 14.4. The molecular formula is C18H24ClN3O2S. The molecule has 1 aromatic carbocycles. The van der Waals surface area contributed by atoms with Gasteiger partial charge < -0.3 is 15.8 Å². The number of aromatic nitrogens is 1. The Bertz CT molecular complexity index is 699. The van der Waals surface area contributed by atoms with Gasteiger partial charge in [-0.15, -0.1) is 23.7 Å². The number of nitrogens with zero attached hydrogens (tertiary/aromatic N) is 1. The summed E-state index contributed by atoms with van der Waals surface area (Å²) in [5.41, 5.74) is 7.18. The number of rotatable bonds is 7. The van der Waals surface area contributed by atoms with Crippen molar-refractivity contribution >= 4 is 29.7 Å². The topological polar surface area (TPSA) is 77.2 Å². The summed E-state index contributed by atoms with van der Waals surface area (Å²) in [6.45, 7) is 4.47. The van der Waals surface area contributed by atoms with E-state index >= 15 is 0 Å². The Morgan fingerprint density at radius 1 is 1.36 bits per heavy atom. The molecule has 1 aliphatic rings. The first kappa shape index (κ1) is 19.7. The highest BCUT2D eigenvalue weighted by molar-refractivity contribution is 7.13. The van der Waals surface area contributed by atoms with Gasteiger partial charge in [0.2, 0.25) is 0 Å². The highest BCUT2D eigenvalue weighted by Gasteiger charge is 2.31. The van der Waals surface area contributed by atoms with Crippen molar-refractivity contribution in [3.63, 3.8) is 0 Å². The molecule has 1 heterocycles. The van der Waals surface area contributed by atoms with E-state index in [2.05, 4.69) is 10.3 Å². The fourth-order valence-electron chi connectivity index (χ4n) is 2.57. The highest BCUT2D eigenvalue weighted by atomic mass is 35.5. The van der Waals surface area contributed by atoms with E-state index in [1.54, 1.807) is 5.38 Å². The summed E-state index contributed by atoms with van der Waals surface area (Å²) in [5.74, 6) is 1.23. The average Bonchev–Trinajstić information content (AvgIpc) is 3.28. The van der Waals surface area contributed by atoms with Crippen LogP contribution >= 0.6 is 23.7 Å². The van der Waals surface area contributed by atoms with Crippen LogP contribution in [0.4, 0.5) is 0 Å². The third-order valence-electron chi connectivity index (χ3n) is 3.97. The first-order chi connectivity index (χ1) is 11.6. The fourth-order valence-corrected chi connectivity index (χ4v) is 3.38. The van der Waals surface area contributed by atoms with Crippen LogP contribution in [0.1, 0.15) is 37.2 Å². The molecule has 5 nitrogen and oxygen atoms in total. The Labute approximate surface area is 158 Å². The van der Waals surface area contributed by atoms with Gasteiger partial charge in [-0.25, -0.2) is 4.98 Å². The molecule has 0 spiro atoms. The molecule has 1 unspecified atom stereocenters. The molecule has 3 N–H and O–H groups in total. The second-order valence-electron chi connectivity index (χ2n) is 6.38. The largest absolute Gasteiger partial charge is 0.491 e. The number of carbonyl (C=O) groups is 1. The smallest absolute Gasteiger partial charge is 0.271 e. The van der Waals surface area contributed by atoms with E-state index in [1.807, 2.05) is 38.1 Å². The number of thiazole rings is 1. The Morgan fingerprint density at radius 2 is 2.04 bits per heavy atom. The van der Waals surface area contributed by atoms with Gasteiger partial charge >= 0.3 is 0 Å². The van der Waals surface area contributed by atoms with Crippen molar-refractivity contribution in [1.82, 2.24) is 10.3 Å². The number of ether oxygens (including phenoxy) is 1. The number of halogens is 1. The van der Waals surface area contributed by atoms with Gasteiger partial charge in [-0.2, -0.15) is 0 Å². The molecule has 7 heteroatoms. The van der Waals surface area contributed by atoms with E-state index in [4.69, 9.17) is 10.5 Å². The van der Waals surface area contributed by atoms with Crippen LogP contribution < -0.4 is 15.8 Å². The minimum Gasteiger partial charge on any atom is -0.491 e. The number of amides is 1. The molecule has 0 saturated heterocycles. The van der Waals surface area contributed by atoms with E-state index in [-0.39, 0.29) is 30.5 Å². The molecular weight excluding hydrogens is 358 g/mol. The second-order valence-corrected chi connectivity index (χ2v) is 7.24. The summed E-state index contributed by atoms with van der Waals surface area (Å²) in [5, 5.41) is 5.62. The molecule has 1 amide bonds. The van der Waals surface area contributed by atoms with E-state index in [0.29, 0.717) is 18.2 Å². The average molecular weight is 382 g/mol. The monoisotopic (exact) mass is 381 g/mol. The van der Waals surface area contributed by atoms with Crippen molar-refractivity contribution in [2.75, 3.05) is 6.54 Å². The zero-order valence-corrected chi connectivity index (χ0v) is 16.0. The van der Waals surface area contributed by atoms with E-state index in [0.717, 1.165) is 29.2 Å². The van der Waals surface area contributed by atoms with Gasteiger partial charge in [0.05, 0.1) is 6.10 Å². The molecule has 0 bridgehead atoms. The minimum atomic E-state index is -0.139. The van der Waals surface area contributed by atoms with Gasteiger partial charge in [0.15, 0.2) is 0 Å². The lowest BCUT2D eigenvalue weighted by atomic mass is 10.2. The van der Waals surface area contributed by atoms with Crippen molar-refractivity contribution in [3.05, 3.63) is 35.3 Å². The van der Waals surface area contributed by atoms with Crippen molar-refractivity contribution in [3.8, 4) is 16.3 Å². The van der Waals surface area contributed by atoms with Crippen LogP contribution in [0.5, 0.6) is 5.75 Å². The Balaban J connectivity index is 0.00000225. The Hall–Kier alpha value is -1.63. The zero-order chi connectivity index (χ0) is 17.1. The van der Waals surface area contributed by atoms with Gasteiger partial charge in [-0.1, -0.05) is 0 Å². The Kier molecular flexibility index (Phi) is 6.81. The number of benzene rings is 1. The molecule has 25 heavy (non-hydrogen) atoms. The van der Waals surface area contributed by atoms with Crippen LogP contribution in [0, 0.1) is 5.92 Å². The molecule has 1 atom stereocenters. The van der Waals surface area contributed by atoms with E-state index < -0.39 is 0 Å². The lowest BCUT2D eigenvalue weighted by Crippen LogP contribution is -2.41. The van der Waals surface area contributed by atoms with Crippen LogP contribution in [0.3, 0.4) is 0 Å².